The average molecular weight is 170 g/mol. The first-order valence-corrected chi connectivity index (χ1v) is 5.41. The van der Waals surface area contributed by atoms with Gasteiger partial charge < -0.3 is 5.43 Å². The molecule has 1 unspecified atom stereocenters. The Labute approximate surface area is 71.8 Å². The molecule has 0 spiro atoms. The molecule has 1 saturated carbocycles. The fraction of sp³-hybridized carbons (Fsp3) is 0.875. The third kappa shape index (κ3) is 1.89. The van der Waals surface area contributed by atoms with Crippen molar-refractivity contribution in [2.75, 3.05) is 11.5 Å². The summed E-state index contributed by atoms with van der Waals surface area (Å²) < 4.78 is 0. The zero-order valence-corrected chi connectivity index (χ0v) is 7.66. The van der Waals surface area contributed by atoms with E-state index in [9.17, 15) is 0 Å². The highest BCUT2D eigenvalue weighted by Gasteiger charge is 2.22. The van der Waals surface area contributed by atoms with Crippen molar-refractivity contribution in [1.82, 2.24) is 5.43 Å². The first-order chi connectivity index (χ1) is 5.36. The summed E-state index contributed by atoms with van der Waals surface area (Å²) in [5, 5.41) is 4.41. The van der Waals surface area contributed by atoms with Gasteiger partial charge in [-0.05, 0) is 12.8 Å². The molecule has 0 aromatic heterocycles. The summed E-state index contributed by atoms with van der Waals surface area (Å²) in [6.45, 7) is 2.26. The molecule has 1 heterocycles. The van der Waals surface area contributed by atoms with Crippen molar-refractivity contribution >= 4 is 17.5 Å². The van der Waals surface area contributed by atoms with E-state index in [2.05, 4.69) is 17.5 Å². The van der Waals surface area contributed by atoms with Crippen molar-refractivity contribution in [3.05, 3.63) is 0 Å². The Bertz CT molecular complexity index is 175. The Kier molecular flexibility index (Phi) is 2.07. The van der Waals surface area contributed by atoms with Gasteiger partial charge in [-0.2, -0.15) is 16.9 Å². The normalized spacial score (nSPS) is 34.6. The van der Waals surface area contributed by atoms with Gasteiger partial charge in [-0.15, -0.1) is 0 Å². The topological polar surface area (TPSA) is 24.4 Å². The van der Waals surface area contributed by atoms with Crippen LogP contribution in [0, 0.1) is 5.92 Å². The van der Waals surface area contributed by atoms with Gasteiger partial charge in [0.05, 0.1) is 5.71 Å². The highest BCUT2D eigenvalue weighted by molar-refractivity contribution is 8.00. The predicted molar refractivity (Wildman–Crippen MR) is 50.1 cm³/mol. The number of thioether (sulfide) groups is 1. The Balaban J connectivity index is 1.85. The summed E-state index contributed by atoms with van der Waals surface area (Å²) >= 11 is 1.99. The first kappa shape index (κ1) is 7.47. The van der Waals surface area contributed by atoms with Crippen LogP contribution in [0.25, 0.3) is 0 Å². The van der Waals surface area contributed by atoms with Crippen molar-refractivity contribution in [3.8, 4) is 0 Å². The molecule has 0 aromatic carbocycles. The summed E-state index contributed by atoms with van der Waals surface area (Å²) in [5.74, 6) is 3.10. The van der Waals surface area contributed by atoms with E-state index in [-0.39, 0.29) is 0 Å². The molecule has 0 radical (unpaired) electrons. The summed E-state index contributed by atoms with van der Waals surface area (Å²) in [6.07, 6.45) is 2.64. The van der Waals surface area contributed by atoms with Gasteiger partial charge in [-0.3, -0.25) is 0 Å². The maximum absolute atomic E-state index is 4.41. The summed E-state index contributed by atoms with van der Waals surface area (Å²) in [4.78, 5) is 0. The minimum atomic E-state index is 0.700. The number of hydrazone groups is 1. The lowest BCUT2D eigenvalue weighted by molar-refractivity contribution is 0.724. The molecular formula is C8H14N2S. The number of rotatable bonds is 2. The van der Waals surface area contributed by atoms with E-state index >= 15 is 0 Å². The quantitative estimate of drug-likeness (QED) is 0.635. The van der Waals surface area contributed by atoms with Gasteiger partial charge in [-0.1, -0.05) is 6.92 Å². The summed E-state index contributed by atoms with van der Waals surface area (Å²) in [6, 6.07) is 0.709. The third-order valence-corrected chi connectivity index (χ3v) is 3.39. The largest absolute Gasteiger partial charge is 0.307 e. The smallest absolute Gasteiger partial charge is 0.0513 e. The van der Waals surface area contributed by atoms with Gasteiger partial charge in [-0.25, -0.2) is 0 Å². The van der Waals surface area contributed by atoms with Gasteiger partial charge >= 0.3 is 0 Å². The van der Waals surface area contributed by atoms with E-state index in [0.717, 1.165) is 5.75 Å². The number of nitrogens with zero attached hydrogens (tertiary/aromatic N) is 1. The monoisotopic (exact) mass is 170 g/mol. The maximum Gasteiger partial charge on any atom is 0.0513 e. The summed E-state index contributed by atoms with van der Waals surface area (Å²) in [7, 11) is 0. The van der Waals surface area contributed by atoms with Crippen LogP contribution in [0.4, 0.5) is 0 Å². The Morgan fingerprint density at radius 1 is 1.55 bits per heavy atom. The summed E-state index contributed by atoms with van der Waals surface area (Å²) in [5.41, 5.74) is 4.57. The lowest BCUT2D eigenvalue weighted by Gasteiger charge is -2.02. The molecule has 2 aliphatic rings. The van der Waals surface area contributed by atoms with Gasteiger partial charge in [0, 0.05) is 23.5 Å². The average Bonchev–Trinajstić information content (AvgIpc) is 2.73. The van der Waals surface area contributed by atoms with Gasteiger partial charge in [0.15, 0.2) is 0 Å². The second kappa shape index (κ2) is 3.05. The van der Waals surface area contributed by atoms with Crippen LogP contribution in [0.2, 0.25) is 0 Å². The highest BCUT2D eigenvalue weighted by Crippen LogP contribution is 2.22. The van der Waals surface area contributed by atoms with Crippen molar-refractivity contribution in [2.45, 2.75) is 25.8 Å². The molecule has 0 amide bonds. The zero-order valence-electron chi connectivity index (χ0n) is 6.84. The molecule has 0 bridgehead atoms. The molecule has 2 rings (SSSR count). The van der Waals surface area contributed by atoms with Crippen LogP contribution in [-0.2, 0) is 0 Å². The molecule has 1 aliphatic heterocycles. The third-order valence-electron chi connectivity index (χ3n) is 2.15. The standard InChI is InChI=1S/C8H14N2S/c1-6-4-11-5-8(6)10-9-7-2-3-7/h6-7,9H,2-5H2,1H3/b10-8+. The molecular weight excluding hydrogens is 156 g/mol. The van der Waals surface area contributed by atoms with Crippen LogP contribution < -0.4 is 5.43 Å². The molecule has 11 heavy (non-hydrogen) atoms. The minimum Gasteiger partial charge on any atom is -0.307 e. The van der Waals surface area contributed by atoms with Gasteiger partial charge in [0.1, 0.15) is 0 Å². The molecule has 2 nitrogen and oxygen atoms in total. The van der Waals surface area contributed by atoms with Crippen LogP contribution in [0.3, 0.4) is 0 Å². The maximum atomic E-state index is 4.41. The van der Waals surface area contributed by atoms with Crippen LogP contribution in [0.5, 0.6) is 0 Å². The van der Waals surface area contributed by atoms with Crippen LogP contribution in [-0.4, -0.2) is 23.3 Å². The van der Waals surface area contributed by atoms with E-state index < -0.39 is 0 Å². The molecule has 3 heteroatoms. The number of hydrogen-bond donors (Lipinski definition) is 1. The first-order valence-electron chi connectivity index (χ1n) is 4.26. The Hall–Kier alpha value is -0.180. The van der Waals surface area contributed by atoms with E-state index in [1.165, 1.54) is 24.3 Å². The van der Waals surface area contributed by atoms with Crippen LogP contribution in [0.15, 0.2) is 5.10 Å². The zero-order chi connectivity index (χ0) is 7.68. The molecule has 1 atom stereocenters. The lowest BCUT2D eigenvalue weighted by atomic mass is 10.1. The van der Waals surface area contributed by atoms with Crippen LogP contribution >= 0.6 is 11.8 Å². The molecule has 62 valence electrons. The van der Waals surface area contributed by atoms with E-state index in [4.69, 9.17) is 0 Å². The van der Waals surface area contributed by atoms with E-state index in [0.29, 0.717) is 12.0 Å². The second-order valence-corrected chi connectivity index (χ2v) is 4.45. The second-order valence-electron chi connectivity index (χ2n) is 3.42. The number of hydrogen-bond acceptors (Lipinski definition) is 3. The van der Waals surface area contributed by atoms with Crippen LogP contribution in [0.1, 0.15) is 19.8 Å². The van der Waals surface area contributed by atoms with E-state index in [1.807, 2.05) is 11.8 Å². The number of nitrogens with one attached hydrogen (secondary N) is 1. The van der Waals surface area contributed by atoms with Crippen molar-refractivity contribution in [1.29, 1.82) is 0 Å². The predicted octanol–water partition coefficient (Wildman–Crippen LogP) is 1.48. The van der Waals surface area contributed by atoms with Crippen molar-refractivity contribution in [3.63, 3.8) is 0 Å². The van der Waals surface area contributed by atoms with Gasteiger partial charge in [0.25, 0.3) is 0 Å². The fourth-order valence-electron chi connectivity index (χ4n) is 1.11. The van der Waals surface area contributed by atoms with Crippen molar-refractivity contribution < 1.29 is 0 Å². The highest BCUT2D eigenvalue weighted by atomic mass is 32.2. The lowest BCUT2D eigenvalue weighted by Crippen LogP contribution is -2.16. The molecule has 1 saturated heterocycles. The fourth-order valence-corrected chi connectivity index (χ4v) is 2.33. The molecule has 0 aromatic rings. The van der Waals surface area contributed by atoms with Gasteiger partial charge in [0.2, 0.25) is 0 Å². The molecule has 2 fully saturated rings. The Morgan fingerprint density at radius 3 is 2.91 bits per heavy atom. The molecule has 1 N–H and O–H groups in total. The SMILES string of the molecule is CC1CSC/C1=N\NC1CC1. The Morgan fingerprint density at radius 2 is 2.36 bits per heavy atom. The molecule has 1 aliphatic carbocycles. The minimum absolute atomic E-state index is 0.700. The van der Waals surface area contributed by atoms with Crippen molar-refractivity contribution in [2.24, 2.45) is 11.0 Å². The van der Waals surface area contributed by atoms with E-state index in [1.54, 1.807) is 0 Å².